The molecular weight excluding hydrogens is 535 g/mol. The first kappa shape index (κ1) is 25.5. The second-order valence-electron chi connectivity index (χ2n) is 8.74. The lowest BCUT2D eigenvalue weighted by Gasteiger charge is -2.36. The molecule has 2 fully saturated rings. The number of nitrogens with one attached hydrogen (secondary N) is 1. The van der Waals surface area contributed by atoms with Gasteiger partial charge in [-0.25, -0.2) is 4.98 Å². The molecule has 1 N–H and O–H groups in total. The molecule has 33 heavy (non-hydrogen) atoms. The summed E-state index contributed by atoms with van der Waals surface area (Å²) < 4.78 is 7.44. The van der Waals surface area contributed by atoms with E-state index < -0.39 is 0 Å². The Balaban J connectivity index is 0.00000306. The monoisotopic (exact) mass is 570 g/mol. The van der Waals surface area contributed by atoms with Crippen molar-refractivity contribution in [3.05, 3.63) is 29.7 Å². The van der Waals surface area contributed by atoms with E-state index in [4.69, 9.17) is 4.42 Å². The van der Waals surface area contributed by atoms with E-state index >= 15 is 0 Å². The summed E-state index contributed by atoms with van der Waals surface area (Å²) >= 11 is 0. The number of hydrogen-bond donors (Lipinski definition) is 1. The van der Waals surface area contributed by atoms with Crippen molar-refractivity contribution < 1.29 is 9.21 Å². The zero-order chi connectivity index (χ0) is 22.7. The second-order valence-corrected chi connectivity index (χ2v) is 8.74. The average Bonchev–Trinajstić information content (AvgIpc) is 3.34. The van der Waals surface area contributed by atoms with Crippen molar-refractivity contribution >= 4 is 41.5 Å². The summed E-state index contributed by atoms with van der Waals surface area (Å²) in [7, 11) is 3.64. The first-order chi connectivity index (χ1) is 15.4. The number of piperidine rings is 1. The highest BCUT2D eigenvalue weighted by molar-refractivity contribution is 14.0. The molecule has 0 bridgehead atoms. The molecule has 182 valence electrons. The van der Waals surface area contributed by atoms with Crippen LogP contribution in [0.4, 0.5) is 5.69 Å². The first-order valence-corrected chi connectivity index (χ1v) is 11.3. The van der Waals surface area contributed by atoms with E-state index in [-0.39, 0.29) is 29.9 Å². The predicted molar refractivity (Wildman–Crippen MR) is 138 cm³/mol. The van der Waals surface area contributed by atoms with Crippen molar-refractivity contribution in [1.29, 1.82) is 0 Å². The molecule has 0 spiro atoms. The van der Waals surface area contributed by atoms with Crippen LogP contribution in [0.15, 0.2) is 21.8 Å². The van der Waals surface area contributed by atoms with Crippen molar-refractivity contribution in [1.82, 2.24) is 29.9 Å². The van der Waals surface area contributed by atoms with Crippen molar-refractivity contribution in [2.24, 2.45) is 18.0 Å². The van der Waals surface area contributed by atoms with Gasteiger partial charge < -0.3 is 19.5 Å². The van der Waals surface area contributed by atoms with Crippen LogP contribution in [0.25, 0.3) is 0 Å². The topological polar surface area (TPSA) is 95.0 Å². The zero-order valence-electron chi connectivity index (χ0n) is 20.0. The Labute approximate surface area is 212 Å². The summed E-state index contributed by atoms with van der Waals surface area (Å²) in [6.07, 6.45) is 5.85. The third-order valence-corrected chi connectivity index (χ3v) is 6.42. The number of nitrogens with zero attached hydrogens (tertiary/aromatic N) is 7. The van der Waals surface area contributed by atoms with E-state index in [1.54, 1.807) is 22.8 Å². The smallest absolute Gasteiger partial charge is 0.246 e. The molecule has 4 heterocycles. The Morgan fingerprint density at radius 2 is 2.00 bits per heavy atom. The van der Waals surface area contributed by atoms with E-state index in [1.165, 1.54) is 0 Å². The van der Waals surface area contributed by atoms with Gasteiger partial charge in [-0.1, -0.05) is 0 Å². The highest BCUT2D eigenvalue weighted by atomic mass is 127. The van der Waals surface area contributed by atoms with E-state index in [2.05, 4.69) is 25.3 Å². The van der Waals surface area contributed by atoms with Crippen molar-refractivity contribution in [2.45, 2.75) is 33.2 Å². The molecule has 0 radical (unpaired) electrons. The highest BCUT2D eigenvalue weighted by Crippen LogP contribution is 2.20. The number of aromatic nitrogens is 3. The normalized spacial score (nSPS) is 18.5. The molecule has 0 atom stereocenters. The number of aliphatic imine (C=N–C) groups is 1. The van der Waals surface area contributed by atoms with Crippen LogP contribution in [0.5, 0.6) is 0 Å². The number of piperazine rings is 1. The molecule has 2 saturated heterocycles. The van der Waals surface area contributed by atoms with Crippen molar-refractivity contribution in [3.8, 4) is 0 Å². The number of amides is 1. The Morgan fingerprint density at radius 3 is 2.58 bits per heavy atom. The molecule has 11 heteroatoms. The number of rotatable bonds is 5. The van der Waals surface area contributed by atoms with Crippen LogP contribution >= 0.6 is 24.0 Å². The average molecular weight is 570 g/mol. The van der Waals surface area contributed by atoms with Gasteiger partial charge in [-0.2, -0.15) is 5.10 Å². The molecule has 0 aromatic carbocycles. The number of halogens is 1. The van der Waals surface area contributed by atoms with Crippen molar-refractivity contribution in [3.63, 3.8) is 0 Å². The zero-order valence-corrected chi connectivity index (χ0v) is 22.3. The molecule has 0 saturated carbocycles. The van der Waals surface area contributed by atoms with Crippen LogP contribution in [-0.2, 0) is 18.4 Å². The summed E-state index contributed by atoms with van der Waals surface area (Å²) in [6.45, 7) is 9.36. The minimum Gasteiger partial charge on any atom is -0.444 e. The molecule has 0 unspecified atom stereocenters. The van der Waals surface area contributed by atoms with E-state index in [0.29, 0.717) is 19.0 Å². The highest BCUT2D eigenvalue weighted by Gasteiger charge is 2.28. The number of likely N-dealkylation sites (tertiary alicyclic amines) is 1. The van der Waals surface area contributed by atoms with Crippen LogP contribution in [0.1, 0.15) is 30.2 Å². The van der Waals surface area contributed by atoms with E-state index in [0.717, 1.165) is 74.6 Å². The quantitative estimate of drug-likeness (QED) is 0.333. The molecule has 2 aromatic rings. The summed E-state index contributed by atoms with van der Waals surface area (Å²) in [6, 6.07) is 0. The molecule has 10 nitrogen and oxygen atoms in total. The standard InChI is InChI=1S/C22H34N8O2.HI/c1-16-17(2)32-20(26-16)14-28-7-5-18(6-8-28)11-24-22(23-3)29-9-10-30(21(31)15-29)19-12-25-27(4)13-19;/h12-13,18H,5-11,14-15H2,1-4H3,(H,23,24);1H. The van der Waals surface area contributed by atoms with Gasteiger partial charge in [0.25, 0.3) is 0 Å². The number of carbonyl (C=O) groups excluding carboxylic acids is 1. The molecule has 2 aliphatic heterocycles. The van der Waals surface area contributed by atoms with Crippen LogP contribution in [0, 0.1) is 19.8 Å². The minimum atomic E-state index is 0. The first-order valence-electron chi connectivity index (χ1n) is 11.3. The maximum Gasteiger partial charge on any atom is 0.246 e. The molecule has 0 aliphatic carbocycles. The largest absolute Gasteiger partial charge is 0.444 e. The van der Waals surface area contributed by atoms with Gasteiger partial charge >= 0.3 is 0 Å². The van der Waals surface area contributed by atoms with Crippen LogP contribution in [-0.4, -0.2) is 82.7 Å². The third-order valence-electron chi connectivity index (χ3n) is 6.42. The number of oxazole rings is 1. The van der Waals surface area contributed by atoms with E-state index in [9.17, 15) is 4.79 Å². The van der Waals surface area contributed by atoms with Crippen LogP contribution < -0.4 is 10.2 Å². The molecule has 2 aromatic heterocycles. The number of guanidine groups is 1. The number of carbonyl (C=O) groups is 1. The predicted octanol–water partition coefficient (Wildman–Crippen LogP) is 1.78. The Hall–Kier alpha value is -2.15. The lowest BCUT2D eigenvalue weighted by Crippen LogP contribution is -2.56. The summed E-state index contributed by atoms with van der Waals surface area (Å²) in [4.78, 5) is 27.9. The Bertz CT molecular complexity index is 944. The number of aryl methyl sites for hydroxylation is 3. The Kier molecular flexibility index (Phi) is 8.74. The van der Waals surface area contributed by atoms with E-state index in [1.807, 2.05) is 32.0 Å². The summed E-state index contributed by atoms with van der Waals surface area (Å²) in [5.41, 5.74) is 1.83. The molecular formula is C22H35IN8O2. The SMILES string of the molecule is CN=C(NCC1CCN(Cc2nc(C)c(C)o2)CC1)N1CCN(c2cnn(C)c2)C(=O)C1.I. The van der Waals surface area contributed by atoms with Gasteiger partial charge in [-0.3, -0.25) is 19.4 Å². The summed E-state index contributed by atoms with van der Waals surface area (Å²) in [5, 5.41) is 7.68. The van der Waals surface area contributed by atoms with Gasteiger partial charge in [-0.05, 0) is 45.7 Å². The minimum absolute atomic E-state index is 0. The fourth-order valence-corrected chi connectivity index (χ4v) is 4.39. The summed E-state index contributed by atoms with van der Waals surface area (Å²) in [5.74, 6) is 3.18. The second kappa shape index (κ2) is 11.3. The molecule has 1 amide bonds. The van der Waals surface area contributed by atoms with Gasteiger partial charge in [0.05, 0.1) is 24.1 Å². The maximum absolute atomic E-state index is 12.7. The molecule has 2 aliphatic rings. The van der Waals surface area contributed by atoms with Crippen LogP contribution in [0.2, 0.25) is 0 Å². The van der Waals surface area contributed by atoms with Gasteiger partial charge in [0.2, 0.25) is 11.8 Å². The Morgan fingerprint density at radius 1 is 1.24 bits per heavy atom. The van der Waals surface area contributed by atoms with Gasteiger partial charge in [0.1, 0.15) is 12.3 Å². The lowest BCUT2D eigenvalue weighted by molar-refractivity contribution is -0.120. The van der Waals surface area contributed by atoms with Gasteiger partial charge in [0, 0.05) is 39.9 Å². The number of hydrogen-bond acceptors (Lipinski definition) is 6. The maximum atomic E-state index is 12.7. The van der Waals surface area contributed by atoms with Crippen molar-refractivity contribution in [2.75, 3.05) is 51.2 Å². The van der Waals surface area contributed by atoms with Gasteiger partial charge in [-0.15, -0.1) is 24.0 Å². The lowest BCUT2D eigenvalue weighted by atomic mass is 9.97. The fraction of sp³-hybridized carbons (Fsp3) is 0.636. The molecule has 4 rings (SSSR count). The fourth-order valence-electron chi connectivity index (χ4n) is 4.39. The third kappa shape index (κ3) is 6.25. The number of anilines is 1. The van der Waals surface area contributed by atoms with Crippen LogP contribution in [0.3, 0.4) is 0 Å². The van der Waals surface area contributed by atoms with Gasteiger partial charge in [0.15, 0.2) is 5.96 Å².